The number of rotatable bonds is 3. The summed E-state index contributed by atoms with van der Waals surface area (Å²) in [6, 6.07) is 4.16. The van der Waals surface area contributed by atoms with Crippen molar-refractivity contribution in [3.8, 4) is 11.2 Å². The maximum atomic E-state index is 12.6. The molecule has 0 radical (unpaired) electrons. The standard InChI is InChI=1S/C16H18N4OS/c1-11-9-13(12(2)20(11)15-18-7-8-22-15)14(21)19-16(10-17)5-3-4-6-16/h7-9H,3-6H2,1-2H3,(H,19,21). The van der Waals surface area contributed by atoms with Crippen LogP contribution in [-0.2, 0) is 0 Å². The summed E-state index contributed by atoms with van der Waals surface area (Å²) in [5, 5.41) is 15.1. The lowest BCUT2D eigenvalue weighted by atomic mass is 9.99. The van der Waals surface area contributed by atoms with Crippen LogP contribution in [-0.4, -0.2) is 21.0 Å². The molecule has 0 saturated heterocycles. The third kappa shape index (κ3) is 2.42. The van der Waals surface area contributed by atoms with E-state index in [1.165, 1.54) is 11.3 Å². The maximum Gasteiger partial charge on any atom is 0.254 e. The highest BCUT2D eigenvalue weighted by Gasteiger charge is 2.36. The molecule has 0 unspecified atom stereocenters. The lowest BCUT2D eigenvalue weighted by Crippen LogP contribution is -2.45. The van der Waals surface area contributed by atoms with Gasteiger partial charge in [-0.25, -0.2) is 4.98 Å². The number of aryl methyl sites for hydroxylation is 1. The van der Waals surface area contributed by atoms with Gasteiger partial charge in [-0.3, -0.25) is 9.36 Å². The van der Waals surface area contributed by atoms with E-state index in [0.29, 0.717) is 5.56 Å². The van der Waals surface area contributed by atoms with Gasteiger partial charge < -0.3 is 5.32 Å². The van der Waals surface area contributed by atoms with Crippen molar-refractivity contribution in [3.63, 3.8) is 0 Å². The molecule has 5 nitrogen and oxygen atoms in total. The number of hydrogen-bond acceptors (Lipinski definition) is 4. The Morgan fingerprint density at radius 3 is 2.77 bits per heavy atom. The Balaban J connectivity index is 1.91. The highest BCUT2D eigenvalue weighted by Crippen LogP contribution is 2.30. The molecule has 0 spiro atoms. The molecule has 114 valence electrons. The molecule has 2 aromatic heterocycles. The minimum absolute atomic E-state index is 0.167. The summed E-state index contributed by atoms with van der Waals surface area (Å²) in [5.74, 6) is -0.167. The molecule has 3 rings (SSSR count). The number of nitriles is 1. The SMILES string of the molecule is Cc1cc(C(=O)NC2(C#N)CCCC2)c(C)n1-c1nccs1. The smallest absolute Gasteiger partial charge is 0.254 e. The first kappa shape index (κ1) is 14.8. The van der Waals surface area contributed by atoms with Crippen LogP contribution in [0.1, 0.15) is 47.4 Å². The summed E-state index contributed by atoms with van der Waals surface area (Å²) in [7, 11) is 0. The molecule has 6 heteroatoms. The van der Waals surface area contributed by atoms with Gasteiger partial charge >= 0.3 is 0 Å². The first-order chi connectivity index (χ1) is 10.6. The number of nitrogens with one attached hydrogen (secondary N) is 1. The Bertz CT molecular complexity index is 733. The maximum absolute atomic E-state index is 12.6. The fourth-order valence-corrected chi connectivity index (χ4v) is 3.89. The first-order valence-corrected chi connectivity index (χ1v) is 8.27. The summed E-state index contributed by atoms with van der Waals surface area (Å²) in [6.07, 6.45) is 5.21. The topological polar surface area (TPSA) is 70.7 Å². The minimum atomic E-state index is -0.694. The van der Waals surface area contributed by atoms with E-state index in [2.05, 4.69) is 16.4 Å². The van der Waals surface area contributed by atoms with Crippen molar-refractivity contribution in [2.24, 2.45) is 0 Å². The molecule has 1 aliphatic carbocycles. The van der Waals surface area contributed by atoms with Crippen LogP contribution in [0.2, 0.25) is 0 Å². The third-order valence-corrected chi connectivity index (χ3v) is 5.07. The lowest BCUT2D eigenvalue weighted by Gasteiger charge is -2.21. The normalized spacial score (nSPS) is 16.4. The van der Waals surface area contributed by atoms with Gasteiger partial charge in [0, 0.05) is 23.0 Å². The molecular weight excluding hydrogens is 296 g/mol. The molecule has 1 saturated carbocycles. The van der Waals surface area contributed by atoms with Crippen molar-refractivity contribution < 1.29 is 4.79 Å². The zero-order chi connectivity index (χ0) is 15.7. The lowest BCUT2D eigenvalue weighted by molar-refractivity contribution is 0.0920. The zero-order valence-corrected chi connectivity index (χ0v) is 13.5. The van der Waals surface area contributed by atoms with Gasteiger partial charge in [0.25, 0.3) is 5.91 Å². The van der Waals surface area contributed by atoms with Crippen molar-refractivity contribution >= 4 is 17.2 Å². The van der Waals surface area contributed by atoms with Crippen LogP contribution >= 0.6 is 11.3 Å². The number of hydrogen-bond donors (Lipinski definition) is 1. The van der Waals surface area contributed by atoms with Gasteiger partial charge in [0.05, 0.1) is 11.6 Å². The summed E-state index contributed by atoms with van der Waals surface area (Å²) in [4.78, 5) is 16.9. The summed E-state index contributed by atoms with van der Waals surface area (Å²) in [6.45, 7) is 3.87. The van der Waals surface area contributed by atoms with Crippen molar-refractivity contribution in [2.45, 2.75) is 45.1 Å². The van der Waals surface area contributed by atoms with Gasteiger partial charge in [-0.1, -0.05) is 0 Å². The molecule has 1 fully saturated rings. The quantitative estimate of drug-likeness (QED) is 0.946. The molecular formula is C16H18N4OS. The van der Waals surface area contributed by atoms with Crippen LogP contribution in [0.5, 0.6) is 0 Å². The molecule has 1 N–H and O–H groups in total. The number of amides is 1. The van der Waals surface area contributed by atoms with E-state index in [-0.39, 0.29) is 5.91 Å². The Morgan fingerprint density at radius 1 is 1.45 bits per heavy atom. The van der Waals surface area contributed by atoms with Crippen LogP contribution in [0, 0.1) is 25.2 Å². The second kappa shape index (κ2) is 5.58. The number of carbonyl (C=O) groups excluding carboxylic acids is 1. The zero-order valence-electron chi connectivity index (χ0n) is 12.7. The van der Waals surface area contributed by atoms with Gasteiger partial charge in [0.1, 0.15) is 5.54 Å². The summed E-state index contributed by atoms with van der Waals surface area (Å²) in [5.41, 5.74) is 1.75. The highest BCUT2D eigenvalue weighted by atomic mass is 32.1. The molecule has 1 amide bonds. The van der Waals surface area contributed by atoms with Crippen LogP contribution in [0.3, 0.4) is 0 Å². The second-order valence-electron chi connectivity index (χ2n) is 5.79. The van der Waals surface area contributed by atoms with E-state index in [9.17, 15) is 10.1 Å². The third-order valence-electron chi connectivity index (χ3n) is 4.31. The summed E-state index contributed by atoms with van der Waals surface area (Å²) < 4.78 is 1.98. The van der Waals surface area contributed by atoms with Crippen LogP contribution < -0.4 is 5.32 Å². The molecule has 0 atom stereocenters. The average molecular weight is 314 g/mol. The number of aromatic nitrogens is 2. The fourth-order valence-electron chi connectivity index (χ4n) is 3.14. The molecule has 0 aromatic carbocycles. The Kier molecular flexibility index (Phi) is 3.75. The van der Waals surface area contributed by atoms with Gasteiger partial charge in [0.15, 0.2) is 5.13 Å². The molecule has 0 bridgehead atoms. The number of thiazole rings is 1. The Morgan fingerprint density at radius 2 is 2.18 bits per heavy atom. The highest BCUT2D eigenvalue weighted by molar-refractivity contribution is 7.12. The minimum Gasteiger partial charge on any atom is -0.334 e. The van der Waals surface area contributed by atoms with E-state index in [0.717, 1.165) is 42.2 Å². The molecule has 22 heavy (non-hydrogen) atoms. The molecule has 0 aliphatic heterocycles. The molecule has 2 aromatic rings. The van der Waals surface area contributed by atoms with Crippen molar-refractivity contribution in [2.75, 3.05) is 0 Å². The van der Waals surface area contributed by atoms with E-state index < -0.39 is 5.54 Å². The van der Waals surface area contributed by atoms with Crippen molar-refractivity contribution in [3.05, 3.63) is 34.6 Å². The second-order valence-corrected chi connectivity index (χ2v) is 6.66. The van der Waals surface area contributed by atoms with Gasteiger partial charge in [-0.05, 0) is 45.6 Å². The van der Waals surface area contributed by atoms with E-state index in [1.54, 1.807) is 6.20 Å². The first-order valence-electron chi connectivity index (χ1n) is 7.39. The number of nitrogens with zero attached hydrogens (tertiary/aromatic N) is 3. The number of carbonyl (C=O) groups is 1. The molecule has 2 heterocycles. The van der Waals surface area contributed by atoms with E-state index in [1.807, 2.05) is 29.9 Å². The molecule has 1 aliphatic rings. The summed E-state index contributed by atoms with van der Waals surface area (Å²) >= 11 is 1.53. The van der Waals surface area contributed by atoms with Crippen LogP contribution in [0.25, 0.3) is 5.13 Å². The predicted molar refractivity (Wildman–Crippen MR) is 85.2 cm³/mol. The average Bonchev–Trinajstić information content (AvgIpc) is 3.20. The largest absolute Gasteiger partial charge is 0.334 e. The fraction of sp³-hybridized carbons (Fsp3) is 0.438. The van der Waals surface area contributed by atoms with Gasteiger partial charge in [0.2, 0.25) is 0 Å². The Hall–Kier alpha value is -2.13. The van der Waals surface area contributed by atoms with Crippen molar-refractivity contribution in [1.29, 1.82) is 5.26 Å². The van der Waals surface area contributed by atoms with E-state index >= 15 is 0 Å². The van der Waals surface area contributed by atoms with Gasteiger partial charge in [-0.15, -0.1) is 11.3 Å². The van der Waals surface area contributed by atoms with Crippen LogP contribution in [0.15, 0.2) is 17.6 Å². The Labute approximate surface area is 133 Å². The van der Waals surface area contributed by atoms with Crippen molar-refractivity contribution in [1.82, 2.24) is 14.9 Å². The van der Waals surface area contributed by atoms with Crippen LogP contribution in [0.4, 0.5) is 0 Å². The van der Waals surface area contributed by atoms with E-state index in [4.69, 9.17) is 0 Å². The monoisotopic (exact) mass is 314 g/mol. The predicted octanol–water partition coefficient (Wildman–Crippen LogP) is 3.12. The van der Waals surface area contributed by atoms with Gasteiger partial charge in [-0.2, -0.15) is 5.26 Å².